The Morgan fingerprint density at radius 1 is 1.02 bits per heavy atom. The van der Waals surface area contributed by atoms with Crippen LogP contribution in [0.25, 0.3) is 0 Å². The number of carbonyl (C=O) groups is 2. The fourth-order valence-corrected chi connectivity index (χ4v) is 5.53. The van der Waals surface area contributed by atoms with Gasteiger partial charge < -0.3 is 30.1 Å². The van der Waals surface area contributed by atoms with Crippen molar-refractivity contribution < 1.29 is 31.9 Å². The molecule has 2 fully saturated rings. The van der Waals surface area contributed by atoms with Gasteiger partial charge in [0.05, 0.1) is 23.1 Å². The number of halogens is 4. The Kier molecular flexibility index (Phi) is 9.07. The number of aromatic nitrogens is 1. The van der Waals surface area contributed by atoms with Crippen LogP contribution in [-0.4, -0.2) is 72.2 Å². The zero-order valence-electron chi connectivity index (χ0n) is 23.8. The topological polar surface area (TPSA) is 90.0 Å². The number of alkyl halides is 3. The maximum absolute atomic E-state index is 13.9. The Morgan fingerprint density at radius 2 is 1.74 bits per heavy atom. The standard InChI is InChI=1S/C30H34F4N6O3/c1-38(21-7-2-3-8-21)26-12-6-9-22(30(32,33)34)27(43-26)28(41)36-20-13-14-25(35-19-20)39-15-17-40(18-16-39)29(42)37-24-11-5-4-10-23(24)31/h4-5,10-14,19,21H,2-3,6-9,15-18H2,1H3,(H,36,41)(H,37,42). The minimum absolute atomic E-state index is 0.104. The highest BCUT2D eigenvalue weighted by Gasteiger charge is 2.41. The second kappa shape index (κ2) is 12.9. The summed E-state index contributed by atoms with van der Waals surface area (Å²) in [6, 6.07) is 8.89. The molecule has 5 rings (SSSR count). The summed E-state index contributed by atoms with van der Waals surface area (Å²) in [7, 11) is 1.79. The number of urea groups is 1. The summed E-state index contributed by atoms with van der Waals surface area (Å²) >= 11 is 0. The lowest BCUT2D eigenvalue weighted by Gasteiger charge is -2.35. The van der Waals surface area contributed by atoms with E-state index >= 15 is 0 Å². The Bertz CT molecular complexity index is 1380. The van der Waals surface area contributed by atoms with E-state index in [1.165, 1.54) is 18.3 Å². The molecule has 0 bridgehead atoms. The Hall–Kier alpha value is -4.29. The van der Waals surface area contributed by atoms with Gasteiger partial charge in [-0.2, -0.15) is 13.2 Å². The van der Waals surface area contributed by atoms with Crippen molar-refractivity contribution in [3.63, 3.8) is 0 Å². The first-order valence-corrected chi connectivity index (χ1v) is 14.3. The van der Waals surface area contributed by atoms with Crippen molar-refractivity contribution in [2.75, 3.05) is 48.8 Å². The lowest BCUT2D eigenvalue weighted by Crippen LogP contribution is -2.50. The molecule has 2 aliphatic heterocycles. The van der Waals surface area contributed by atoms with Crippen molar-refractivity contribution in [3.05, 3.63) is 71.7 Å². The number of anilines is 3. The Morgan fingerprint density at radius 3 is 2.40 bits per heavy atom. The van der Waals surface area contributed by atoms with Crippen molar-refractivity contribution in [2.24, 2.45) is 0 Å². The predicted molar refractivity (Wildman–Crippen MR) is 154 cm³/mol. The van der Waals surface area contributed by atoms with Crippen LogP contribution < -0.4 is 15.5 Å². The molecule has 0 radical (unpaired) electrons. The summed E-state index contributed by atoms with van der Waals surface area (Å²) in [6.45, 7) is 1.67. The molecule has 43 heavy (non-hydrogen) atoms. The Balaban J connectivity index is 1.20. The van der Waals surface area contributed by atoms with Gasteiger partial charge in [0.15, 0.2) is 5.88 Å². The average Bonchev–Trinajstić information content (AvgIpc) is 3.43. The van der Waals surface area contributed by atoms with Crippen molar-refractivity contribution in [2.45, 2.75) is 50.7 Å². The van der Waals surface area contributed by atoms with E-state index in [0.29, 0.717) is 32.0 Å². The van der Waals surface area contributed by atoms with E-state index in [1.807, 2.05) is 9.80 Å². The van der Waals surface area contributed by atoms with Gasteiger partial charge in [-0.15, -0.1) is 0 Å². The van der Waals surface area contributed by atoms with E-state index in [0.717, 1.165) is 25.7 Å². The molecule has 230 valence electrons. The van der Waals surface area contributed by atoms with Crippen LogP contribution in [0.5, 0.6) is 0 Å². The number of pyridine rings is 1. The third-order valence-electron chi connectivity index (χ3n) is 7.97. The maximum atomic E-state index is 13.9. The number of piperazine rings is 1. The third kappa shape index (κ3) is 7.20. The van der Waals surface area contributed by atoms with E-state index in [-0.39, 0.29) is 36.1 Å². The molecule has 3 aliphatic rings. The van der Waals surface area contributed by atoms with Crippen LogP contribution in [0.2, 0.25) is 0 Å². The molecule has 1 saturated heterocycles. The zero-order chi connectivity index (χ0) is 30.6. The zero-order valence-corrected chi connectivity index (χ0v) is 23.8. The van der Waals surface area contributed by atoms with Crippen LogP contribution in [0.3, 0.4) is 0 Å². The van der Waals surface area contributed by atoms with E-state index in [4.69, 9.17) is 4.74 Å². The van der Waals surface area contributed by atoms with Crippen LogP contribution in [0, 0.1) is 5.82 Å². The Labute approximate surface area is 247 Å². The third-order valence-corrected chi connectivity index (χ3v) is 7.97. The van der Waals surface area contributed by atoms with E-state index in [2.05, 4.69) is 15.6 Å². The van der Waals surface area contributed by atoms with Gasteiger partial charge in [-0.05, 0) is 56.0 Å². The van der Waals surface area contributed by atoms with Crippen molar-refractivity contribution in [3.8, 4) is 0 Å². The van der Waals surface area contributed by atoms with E-state index < -0.39 is 35.3 Å². The molecule has 9 nitrogen and oxygen atoms in total. The summed E-state index contributed by atoms with van der Waals surface area (Å²) in [5.74, 6) is -1.43. The van der Waals surface area contributed by atoms with Crippen LogP contribution in [0.1, 0.15) is 38.5 Å². The quantitative estimate of drug-likeness (QED) is 0.403. The number of benzene rings is 1. The lowest BCUT2D eigenvalue weighted by molar-refractivity contribution is -0.119. The number of hydrogen-bond donors (Lipinski definition) is 2. The minimum atomic E-state index is -4.72. The fraction of sp³-hybridized carbons (Fsp3) is 0.433. The van der Waals surface area contributed by atoms with E-state index in [1.54, 1.807) is 42.3 Å². The molecule has 1 aromatic heterocycles. The number of allylic oxidation sites excluding steroid dienone is 2. The van der Waals surface area contributed by atoms with Gasteiger partial charge in [-0.25, -0.2) is 14.2 Å². The normalized spacial score (nSPS) is 18.1. The molecule has 3 heterocycles. The molecule has 13 heteroatoms. The highest BCUT2D eigenvalue weighted by molar-refractivity contribution is 6.03. The second-order valence-electron chi connectivity index (χ2n) is 10.8. The molecule has 0 atom stereocenters. The summed E-state index contributed by atoms with van der Waals surface area (Å²) in [5, 5.41) is 5.08. The van der Waals surface area contributed by atoms with E-state index in [9.17, 15) is 27.2 Å². The number of hydrogen-bond acceptors (Lipinski definition) is 6. The highest BCUT2D eigenvalue weighted by atomic mass is 19.4. The van der Waals surface area contributed by atoms with Gasteiger partial charge in [-0.3, -0.25) is 4.79 Å². The average molecular weight is 603 g/mol. The molecule has 1 aromatic carbocycles. The molecular weight excluding hydrogens is 568 g/mol. The van der Waals surface area contributed by atoms with Gasteiger partial charge in [0, 0.05) is 39.3 Å². The molecule has 0 unspecified atom stereocenters. The van der Waals surface area contributed by atoms with Crippen LogP contribution in [0.4, 0.5) is 39.5 Å². The van der Waals surface area contributed by atoms with Gasteiger partial charge in [0.1, 0.15) is 11.6 Å². The van der Waals surface area contributed by atoms with Crippen molar-refractivity contribution in [1.82, 2.24) is 14.8 Å². The number of carbonyl (C=O) groups excluding carboxylic acids is 2. The van der Waals surface area contributed by atoms with Gasteiger partial charge in [0.25, 0.3) is 5.91 Å². The van der Waals surface area contributed by atoms with Crippen LogP contribution >= 0.6 is 0 Å². The summed E-state index contributed by atoms with van der Waals surface area (Å²) < 4.78 is 61.4. The number of para-hydroxylation sites is 1. The fourth-order valence-electron chi connectivity index (χ4n) is 5.53. The summed E-state index contributed by atoms with van der Waals surface area (Å²) in [4.78, 5) is 35.4. The molecule has 1 saturated carbocycles. The van der Waals surface area contributed by atoms with Crippen LogP contribution in [0.15, 0.2) is 65.9 Å². The second-order valence-corrected chi connectivity index (χ2v) is 10.8. The SMILES string of the molecule is CN(C1=CCCC(C(F)(F)F)=C(C(=O)Nc2ccc(N3CCN(C(=O)Nc4ccccc4F)CC3)nc2)O1)C1CCCC1. The number of rotatable bonds is 6. The first-order chi connectivity index (χ1) is 20.6. The first kappa shape index (κ1) is 30.2. The highest BCUT2D eigenvalue weighted by Crippen LogP contribution is 2.37. The number of nitrogens with one attached hydrogen (secondary N) is 2. The first-order valence-electron chi connectivity index (χ1n) is 14.3. The summed E-state index contributed by atoms with van der Waals surface area (Å²) in [5.41, 5.74) is -0.680. The smallest absolute Gasteiger partial charge is 0.416 e. The molecule has 1 aliphatic carbocycles. The number of ether oxygens (including phenoxy) is 1. The number of amides is 3. The van der Waals surface area contributed by atoms with Gasteiger partial charge in [-0.1, -0.05) is 25.0 Å². The number of nitrogens with zero attached hydrogens (tertiary/aromatic N) is 4. The van der Waals surface area contributed by atoms with Gasteiger partial charge in [0.2, 0.25) is 5.76 Å². The van der Waals surface area contributed by atoms with Gasteiger partial charge >= 0.3 is 12.2 Å². The van der Waals surface area contributed by atoms with Crippen molar-refractivity contribution >= 4 is 29.1 Å². The molecule has 2 N–H and O–H groups in total. The monoisotopic (exact) mass is 602 g/mol. The molecule has 3 amide bonds. The maximum Gasteiger partial charge on any atom is 0.416 e. The minimum Gasteiger partial charge on any atom is -0.435 e. The predicted octanol–water partition coefficient (Wildman–Crippen LogP) is 5.86. The lowest BCUT2D eigenvalue weighted by atomic mass is 10.1. The molecule has 0 spiro atoms. The molecular formula is C30H34F4N6O3. The summed E-state index contributed by atoms with van der Waals surface area (Å²) in [6.07, 6.45) is 1.93. The van der Waals surface area contributed by atoms with Crippen molar-refractivity contribution in [1.29, 1.82) is 0 Å². The molecule has 2 aromatic rings. The largest absolute Gasteiger partial charge is 0.435 e. The van der Waals surface area contributed by atoms with Crippen LogP contribution in [-0.2, 0) is 9.53 Å².